The molecular formula is C19H19N5O2S. The molecule has 1 saturated heterocycles. The highest BCUT2D eigenvalue weighted by Crippen LogP contribution is 2.29. The van der Waals surface area contributed by atoms with Crippen molar-refractivity contribution < 1.29 is 9.59 Å². The Bertz CT molecular complexity index is 995. The maximum absolute atomic E-state index is 13.0. The number of hydrogen-bond acceptors (Lipinski definition) is 5. The van der Waals surface area contributed by atoms with Gasteiger partial charge >= 0.3 is 0 Å². The molecule has 1 aromatic carbocycles. The van der Waals surface area contributed by atoms with E-state index in [1.54, 1.807) is 26.9 Å². The Hall–Kier alpha value is -3.00. The number of aromatic nitrogens is 3. The summed E-state index contributed by atoms with van der Waals surface area (Å²) in [5.74, 6) is -0.237. The summed E-state index contributed by atoms with van der Waals surface area (Å²) in [6.45, 7) is 2.84. The Labute approximate surface area is 160 Å². The van der Waals surface area contributed by atoms with Gasteiger partial charge in [0.2, 0.25) is 5.91 Å². The predicted molar refractivity (Wildman–Crippen MR) is 104 cm³/mol. The van der Waals surface area contributed by atoms with Crippen molar-refractivity contribution in [2.75, 3.05) is 24.5 Å². The van der Waals surface area contributed by atoms with E-state index in [2.05, 4.69) is 10.1 Å². The largest absolute Gasteiger partial charge is 0.327 e. The molecule has 0 bridgehead atoms. The van der Waals surface area contributed by atoms with Gasteiger partial charge in [-0.05, 0) is 6.92 Å². The van der Waals surface area contributed by atoms with Crippen LogP contribution in [0.4, 0.5) is 5.69 Å². The van der Waals surface area contributed by atoms with Crippen LogP contribution in [0.3, 0.4) is 0 Å². The van der Waals surface area contributed by atoms with Gasteiger partial charge in [0, 0.05) is 31.9 Å². The second-order valence-electron chi connectivity index (χ2n) is 6.44. The van der Waals surface area contributed by atoms with Gasteiger partial charge in [0.15, 0.2) is 0 Å². The number of anilines is 1. The number of nitrogens with zero attached hydrogens (tertiary/aromatic N) is 5. The average Bonchev–Trinajstić information content (AvgIpc) is 3.27. The molecule has 2 aromatic heterocycles. The van der Waals surface area contributed by atoms with Gasteiger partial charge < -0.3 is 9.80 Å². The Morgan fingerprint density at radius 2 is 1.96 bits per heavy atom. The summed E-state index contributed by atoms with van der Waals surface area (Å²) in [6.07, 6.45) is 3.46. The molecule has 2 amide bonds. The van der Waals surface area contributed by atoms with Crippen molar-refractivity contribution in [1.29, 1.82) is 0 Å². The third-order valence-electron chi connectivity index (χ3n) is 4.52. The minimum atomic E-state index is -0.133. The van der Waals surface area contributed by atoms with E-state index in [9.17, 15) is 9.59 Å². The maximum atomic E-state index is 13.0. The van der Waals surface area contributed by atoms with E-state index in [0.717, 1.165) is 16.3 Å². The Morgan fingerprint density at radius 3 is 2.63 bits per heavy atom. The van der Waals surface area contributed by atoms with Crippen LogP contribution in [-0.4, -0.2) is 51.1 Å². The first-order valence-corrected chi connectivity index (χ1v) is 9.45. The summed E-state index contributed by atoms with van der Waals surface area (Å²) in [7, 11) is 1.81. The lowest BCUT2D eigenvalue weighted by molar-refractivity contribution is -0.120. The van der Waals surface area contributed by atoms with Crippen molar-refractivity contribution in [3.63, 3.8) is 0 Å². The molecule has 0 radical (unpaired) electrons. The smallest absolute Gasteiger partial charge is 0.266 e. The van der Waals surface area contributed by atoms with E-state index in [1.165, 1.54) is 11.3 Å². The number of rotatable bonds is 3. The second-order valence-corrected chi connectivity index (χ2v) is 7.44. The molecule has 0 N–H and O–H groups in total. The molecule has 4 rings (SSSR count). The first-order valence-electron chi connectivity index (χ1n) is 8.64. The van der Waals surface area contributed by atoms with Gasteiger partial charge in [-0.25, -0.2) is 4.98 Å². The lowest BCUT2D eigenvalue weighted by Gasteiger charge is -2.33. The van der Waals surface area contributed by atoms with Crippen LogP contribution in [0.25, 0.3) is 10.6 Å². The first-order chi connectivity index (χ1) is 13.0. The van der Waals surface area contributed by atoms with Crippen LogP contribution in [0.2, 0.25) is 0 Å². The van der Waals surface area contributed by atoms with E-state index in [4.69, 9.17) is 0 Å². The molecule has 1 fully saturated rings. The third-order valence-corrected chi connectivity index (χ3v) is 5.72. The summed E-state index contributed by atoms with van der Waals surface area (Å²) in [5, 5.41) is 4.92. The molecule has 0 saturated carbocycles. The van der Waals surface area contributed by atoms with Crippen LogP contribution in [0.15, 0.2) is 42.7 Å². The van der Waals surface area contributed by atoms with Crippen LogP contribution in [0.5, 0.6) is 0 Å². The molecule has 1 aliphatic heterocycles. The van der Waals surface area contributed by atoms with Gasteiger partial charge in [0.05, 0.1) is 17.6 Å². The fraction of sp³-hybridized carbons (Fsp3) is 0.263. The van der Waals surface area contributed by atoms with Gasteiger partial charge in [-0.3, -0.25) is 14.3 Å². The number of hydrogen-bond donors (Lipinski definition) is 0. The fourth-order valence-corrected chi connectivity index (χ4v) is 4.15. The first kappa shape index (κ1) is 17.4. The molecule has 7 nitrogen and oxygen atoms in total. The van der Waals surface area contributed by atoms with Gasteiger partial charge in [0.25, 0.3) is 5.91 Å². The molecule has 3 aromatic rings. The lowest BCUT2D eigenvalue weighted by atomic mass is 10.2. The number of amides is 2. The lowest BCUT2D eigenvalue weighted by Crippen LogP contribution is -2.52. The van der Waals surface area contributed by atoms with Crippen molar-refractivity contribution >= 4 is 28.8 Å². The molecule has 3 heterocycles. The van der Waals surface area contributed by atoms with Crippen LogP contribution in [0.1, 0.15) is 15.4 Å². The summed E-state index contributed by atoms with van der Waals surface area (Å²) >= 11 is 1.38. The van der Waals surface area contributed by atoms with Crippen molar-refractivity contribution in [3.05, 3.63) is 53.3 Å². The molecule has 138 valence electrons. The molecule has 0 unspecified atom stereocenters. The average molecular weight is 381 g/mol. The van der Waals surface area contributed by atoms with E-state index < -0.39 is 0 Å². The molecule has 0 atom stereocenters. The predicted octanol–water partition coefficient (Wildman–Crippen LogP) is 2.34. The topological polar surface area (TPSA) is 71.3 Å². The Morgan fingerprint density at radius 1 is 1.19 bits per heavy atom. The molecule has 0 spiro atoms. The SMILES string of the molecule is Cc1nc(-c2ccccc2)sc1C(=O)N1CCN(c2cnn(C)c2)C(=O)C1. The number of carbonyl (C=O) groups excluding carboxylic acids is 2. The normalized spacial score (nSPS) is 14.7. The minimum Gasteiger partial charge on any atom is -0.327 e. The number of benzene rings is 1. The van der Waals surface area contributed by atoms with Gasteiger partial charge in [-0.2, -0.15) is 5.10 Å². The minimum absolute atomic E-state index is 0.0612. The summed E-state index contributed by atoms with van der Waals surface area (Å²) in [4.78, 5) is 33.9. The standard InChI is InChI=1S/C19H19N5O2S/c1-13-17(27-18(21-13)14-6-4-3-5-7-14)19(26)23-8-9-24(16(25)12-23)15-10-20-22(2)11-15/h3-7,10-11H,8-9,12H2,1-2H3. The zero-order valence-corrected chi connectivity index (χ0v) is 15.9. The van der Waals surface area contributed by atoms with Crippen LogP contribution in [0, 0.1) is 6.92 Å². The quantitative estimate of drug-likeness (QED) is 0.698. The monoisotopic (exact) mass is 381 g/mol. The van der Waals surface area contributed by atoms with Crippen LogP contribution in [-0.2, 0) is 11.8 Å². The van der Waals surface area contributed by atoms with Gasteiger partial charge in [-0.15, -0.1) is 11.3 Å². The van der Waals surface area contributed by atoms with Crippen molar-refractivity contribution in [2.45, 2.75) is 6.92 Å². The second kappa shape index (κ2) is 6.96. The summed E-state index contributed by atoms with van der Waals surface area (Å²) < 4.78 is 1.66. The Kier molecular flexibility index (Phi) is 4.49. The highest BCUT2D eigenvalue weighted by atomic mass is 32.1. The molecule has 8 heteroatoms. The number of thiazole rings is 1. The maximum Gasteiger partial charge on any atom is 0.266 e. The molecule has 0 aliphatic carbocycles. The summed E-state index contributed by atoms with van der Waals surface area (Å²) in [6, 6.07) is 9.79. The molecular weight excluding hydrogens is 362 g/mol. The third kappa shape index (κ3) is 3.35. The van der Waals surface area contributed by atoms with Gasteiger partial charge in [-0.1, -0.05) is 30.3 Å². The van der Waals surface area contributed by atoms with Crippen LogP contribution < -0.4 is 4.90 Å². The van der Waals surface area contributed by atoms with Crippen LogP contribution >= 0.6 is 11.3 Å². The van der Waals surface area contributed by atoms with Gasteiger partial charge in [0.1, 0.15) is 16.4 Å². The molecule has 1 aliphatic rings. The summed E-state index contributed by atoms with van der Waals surface area (Å²) in [5.41, 5.74) is 2.45. The zero-order chi connectivity index (χ0) is 19.0. The van der Waals surface area contributed by atoms with E-state index in [0.29, 0.717) is 23.7 Å². The highest BCUT2D eigenvalue weighted by Gasteiger charge is 2.31. The van der Waals surface area contributed by atoms with E-state index in [1.807, 2.05) is 44.3 Å². The number of piperazine rings is 1. The fourth-order valence-electron chi connectivity index (χ4n) is 3.11. The number of carbonyl (C=O) groups is 2. The van der Waals surface area contributed by atoms with E-state index >= 15 is 0 Å². The van der Waals surface area contributed by atoms with E-state index in [-0.39, 0.29) is 18.4 Å². The molecule has 27 heavy (non-hydrogen) atoms. The highest BCUT2D eigenvalue weighted by molar-refractivity contribution is 7.17. The van der Waals surface area contributed by atoms with Crippen molar-refractivity contribution in [2.24, 2.45) is 7.05 Å². The zero-order valence-electron chi connectivity index (χ0n) is 15.1. The van der Waals surface area contributed by atoms with Crippen molar-refractivity contribution in [3.8, 4) is 10.6 Å². The Balaban J connectivity index is 1.51. The van der Waals surface area contributed by atoms with Crippen molar-refractivity contribution in [1.82, 2.24) is 19.7 Å². The number of aryl methyl sites for hydroxylation is 2.